The van der Waals surface area contributed by atoms with E-state index in [0.29, 0.717) is 12.1 Å². The molecule has 0 aliphatic heterocycles. The van der Waals surface area contributed by atoms with E-state index in [1.165, 1.54) is 33.9 Å². The molecule has 0 radical (unpaired) electrons. The molecule has 3 heteroatoms. The summed E-state index contributed by atoms with van der Waals surface area (Å²) >= 11 is 1.93. The Labute approximate surface area is 118 Å². The van der Waals surface area contributed by atoms with Crippen LogP contribution in [0.1, 0.15) is 59.9 Å². The van der Waals surface area contributed by atoms with Crippen molar-refractivity contribution in [2.24, 2.45) is 0 Å². The highest BCUT2D eigenvalue weighted by Crippen LogP contribution is 2.33. The number of hydrogen-bond acceptors (Lipinski definition) is 3. The second-order valence-corrected chi connectivity index (χ2v) is 6.49. The molecule has 19 heavy (non-hydrogen) atoms. The molecular weight excluding hydrogens is 254 g/mol. The molecule has 0 bridgehead atoms. The van der Waals surface area contributed by atoms with E-state index in [1.807, 2.05) is 17.6 Å². The fraction of sp³-hybridized carbons (Fsp3) is 0.500. The summed E-state index contributed by atoms with van der Waals surface area (Å²) in [4.78, 5) is 2.91. The van der Waals surface area contributed by atoms with Crippen LogP contribution >= 0.6 is 11.3 Å². The van der Waals surface area contributed by atoms with Crippen molar-refractivity contribution in [1.82, 2.24) is 5.32 Å². The summed E-state index contributed by atoms with van der Waals surface area (Å²) in [6, 6.07) is 7.51. The van der Waals surface area contributed by atoms with Gasteiger partial charge >= 0.3 is 0 Å². The topological polar surface area (TPSA) is 25.2 Å². The molecule has 2 unspecified atom stereocenters. The smallest absolute Gasteiger partial charge is 0.108 e. The fourth-order valence-corrected chi connectivity index (χ4v) is 3.82. The standard InChI is InChI=1S/C16H21NOS/c1-3-12-7-8-16(19-12)11(2)17-14-5-4-6-15-13(14)9-10-18-15/h7-11,14,17H,3-6H2,1-2H3. The average Bonchev–Trinajstić information content (AvgIpc) is 3.08. The van der Waals surface area contributed by atoms with E-state index < -0.39 is 0 Å². The van der Waals surface area contributed by atoms with Crippen molar-refractivity contribution in [1.29, 1.82) is 0 Å². The highest BCUT2D eigenvalue weighted by Gasteiger charge is 2.24. The van der Waals surface area contributed by atoms with E-state index >= 15 is 0 Å². The van der Waals surface area contributed by atoms with Gasteiger partial charge in [0.1, 0.15) is 5.76 Å². The molecule has 0 spiro atoms. The largest absolute Gasteiger partial charge is 0.469 e. The zero-order valence-corrected chi connectivity index (χ0v) is 12.4. The lowest BCUT2D eigenvalue weighted by Gasteiger charge is -2.26. The van der Waals surface area contributed by atoms with Gasteiger partial charge in [0.25, 0.3) is 0 Å². The molecule has 2 aromatic heterocycles. The first-order chi connectivity index (χ1) is 9.28. The lowest BCUT2D eigenvalue weighted by molar-refractivity contribution is 0.387. The van der Waals surface area contributed by atoms with Gasteiger partial charge in [-0.05, 0) is 44.4 Å². The molecule has 0 saturated heterocycles. The number of fused-ring (bicyclic) bond motifs is 1. The second kappa shape index (κ2) is 5.51. The molecule has 2 atom stereocenters. The van der Waals surface area contributed by atoms with Crippen LogP contribution in [0.25, 0.3) is 0 Å². The number of furan rings is 1. The maximum atomic E-state index is 5.56. The molecule has 2 heterocycles. The Balaban J connectivity index is 1.72. The van der Waals surface area contributed by atoms with E-state index in [9.17, 15) is 0 Å². The first-order valence-electron chi connectivity index (χ1n) is 7.19. The summed E-state index contributed by atoms with van der Waals surface area (Å²) in [7, 11) is 0. The van der Waals surface area contributed by atoms with Gasteiger partial charge in [0.15, 0.2) is 0 Å². The molecule has 1 aliphatic rings. The number of nitrogens with one attached hydrogen (secondary N) is 1. The molecule has 3 rings (SSSR count). The number of rotatable bonds is 4. The van der Waals surface area contributed by atoms with Crippen LogP contribution in [0, 0.1) is 0 Å². The van der Waals surface area contributed by atoms with Crippen molar-refractivity contribution >= 4 is 11.3 Å². The van der Waals surface area contributed by atoms with E-state index in [-0.39, 0.29) is 0 Å². The molecular formula is C16H21NOS. The summed E-state index contributed by atoms with van der Waals surface area (Å²) in [5.41, 5.74) is 1.37. The molecule has 1 N–H and O–H groups in total. The summed E-state index contributed by atoms with van der Waals surface area (Å²) in [5.74, 6) is 1.18. The third-order valence-corrected chi connectivity index (χ3v) is 5.37. The van der Waals surface area contributed by atoms with Gasteiger partial charge in [-0.1, -0.05) is 6.92 Å². The predicted octanol–water partition coefficient (Wildman–Crippen LogP) is 4.63. The van der Waals surface area contributed by atoms with Crippen molar-refractivity contribution in [3.8, 4) is 0 Å². The Bertz CT molecular complexity index is 542. The predicted molar refractivity (Wildman–Crippen MR) is 79.6 cm³/mol. The minimum Gasteiger partial charge on any atom is -0.469 e. The van der Waals surface area contributed by atoms with Gasteiger partial charge in [-0.25, -0.2) is 0 Å². The summed E-state index contributed by atoms with van der Waals surface area (Å²) in [6.45, 7) is 4.48. The Hall–Kier alpha value is -1.06. The third-order valence-electron chi connectivity index (χ3n) is 3.96. The molecule has 0 fully saturated rings. The van der Waals surface area contributed by atoms with E-state index in [1.54, 1.807) is 0 Å². The van der Waals surface area contributed by atoms with Crippen LogP contribution in [0.5, 0.6) is 0 Å². The minimum absolute atomic E-state index is 0.413. The van der Waals surface area contributed by atoms with E-state index in [4.69, 9.17) is 4.42 Å². The first kappa shape index (κ1) is 12.9. The lowest BCUT2D eigenvalue weighted by Crippen LogP contribution is -2.26. The van der Waals surface area contributed by atoms with Crippen LogP contribution in [0.2, 0.25) is 0 Å². The quantitative estimate of drug-likeness (QED) is 0.880. The van der Waals surface area contributed by atoms with Gasteiger partial charge in [-0.15, -0.1) is 11.3 Å². The third kappa shape index (κ3) is 2.63. The van der Waals surface area contributed by atoms with E-state index in [2.05, 4.69) is 37.4 Å². The van der Waals surface area contributed by atoms with Crippen LogP contribution in [-0.2, 0) is 12.8 Å². The monoisotopic (exact) mass is 275 g/mol. The van der Waals surface area contributed by atoms with E-state index in [0.717, 1.165) is 12.8 Å². The van der Waals surface area contributed by atoms with Gasteiger partial charge in [0.2, 0.25) is 0 Å². The zero-order chi connectivity index (χ0) is 13.2. The van der Waals surface area contributed by atoms with Gasteiger partial charge in [-0.3, -0.25) is 0 Å². The Kier molecular flexibility index (Phi) is 3.76. The Morgan fingerprint density at radius 3 is 3.11 bits per heavy atom. The molecule has 102 valence electrons. The molecule has 0 amide bonds. The van der Waals surface area contributed by atoms with Gasteiger partial charge in [0.05, 0.1) is 6.26 Å². The molecule has 0 saturated carbocycles. The van der Waals surface area contributed by atoms with Gasteiger partial charge < -0.3 is 9.73 Å². The Morgan fingerprint density at radius 2 is 2.32 bits per heavy atom. The SMILES string of the molecule is CCc1ccc(C(C)NC2CCCc3occc32)s1. The van der Waals surface area contributed by atoms with Crippen LogP contribution in [-0.4, -0.2) is 0 Å². The van der Waals surface area contributed by atoms with Crippen LogP contribution in [0.4, 0.5) is 0 Å². The van der Waals surface area contributed by atoms with Gasteiger partial charge in [-0.2, -0.15) is 0 Å². The number of hydrogen-bond donors (Lipinski definition) is 1. The normalized spacial score (nSPS) is 20.2. The van der Waals surface area contributed by atoms with Crippen LogP contribution < -0.4 is 5.32 Å². The van der Waals surface area contributed by atoms with Crippen LogP contribution in [0.15, 0.2) is 28.9 Å². The van der Waals surface area contributed by atoms with Crippen molar-refractivity contribution in [3.05, 3.63) is 45.5 Å². The molecule has 2 nitrogen and oxygen atoms in total. The Morgan fingerprint density at radius 1 is 1.42 bits per heavy atom. The first-order valence-corrected chi connectivity index (χ1v) is 8.00. The molecule has 0 aromatic carbocycles. The summed E-state index contributed by atoms with van der Waals surface area (Å²) < 4.78 is 5.56. The maximum Gasteiger partial charge on any atom is 0.108 e. The lowest BCUT2D eigenvalue weighted by atomic mass is 9.93. The van der Waals surface area contributed by atoms with Gasteiger partial charge in [0, 0.05) is 33.8 Å². The minimum atomic E-state index is 0.413. The highest BCUT2D eigenvalue weighted by atomic mass is 32.1. The van der Waals surface area contributed by atoms with Crippen molar-refractivity contribution in [2.45, 2.75) is 51.6 Å². The summed E-state index contributed by atoms with van der Waals surface area (Å²) in [6.07, 6.45) is 6.48. The second-order valence-electron chi connectivity index (χ2n) is 5.29. The number of aryl methyl sites for hydroxylation is 2. The zero-order valence-electron chi connectivity index (χ0n) is 11.6. The maximum absolute atomic E-state index is 5.56. The van der Waals surface area contributed by atoms with Crippen molar-refractivity contribution < 1.29 is 4.42 Å². The molecule has 1 aliphatic carbocycles. The van der Waals surface area contributed by atoms with Crippen molar-refractivity contribution in [2.75, 3.05) is 0 Å². The highest BCUT2D eigenvalue weighted by molar-refractivity contribution is 7.12. The number of thiophene rings is 1. The van der Waals surface area contributed by atoms with Crippen molar-refractivity contribution in [3.63, 3.8) is 0 Å². The molecule has 2 aromatic rings. The fourth-order valence-electron chi connectivity index (χ4n) is 2.86. The van der Waals surface area contributed by atoms with Crippen LogP contribution in [0.3, 0.4) is 0 Å². The average molecular weight is 275 g/mol. The summed E-state index contributed by atoms with van der Waals surface area (Å²) in [5, 5.41) is 3.77.